The second-order valence-corrected chi connectivity index (χ2v) is 5.08. The van der Waals surface area contributed by atoms with Crippen LogP contribution in [-0.4, -0.2) is 49.7 Å². The fourth-order valence-corrected chi connectivity index (χ4v) is 2.34. The zero-order valence-electron chi connectivity index (χ0n) is 8.85. The number of hydrogen-bond acceptors (Lipinski definition) is 3. The molecule has 1 aliphatic rings. The smallest absolute Gasteiger partial charge is 0.276 e. The Kier molecular flexibility index (Phi) is 4.06. The Hall–Kier alpha value is -0.660. The van der Waals surface area contributed by atoms with E-state index >= 15 is 0 Å². The van der Waals surface area contributed by atoms with Crippen LogP contribution in [0.4, 0.5) is 0 Å². The maximum Gasteiger partial charge on any atom is 0.276 e. The van der Waals surface area contributed by atoms with Gasteiger partial charge in [0, 0.05) is 32.6 Å². The minimum Gasteiger partial charge on any atom is -0.341 e. The molecule has 6 nitrogen and oxygen atoms in total. The van der Waals surface area contributed by atoms with Crippen LogP contribution in [-0.2, 0) is 15.0 Å². The van der Waals surface area contributed by atoms with E-state index < -0.39 is 10.2 Å². The molecule has 0 atom stereocenters. The zero-order valence-corrected chi connectivity index (χ0v) is 9.66. The van der Waals surface area contributed by atoms with Gasteiger partial charge in [-0.25, -0.2) is 5.14 Å². The Morgan fingerprint density at radius 2 is 1.93 bits per heavy atom. The molecule has 0 aromatic rings. The zero-order chi connectivity index (χ0) is 11.5. The summed E-state index contributed by atoms with van der Waals surface area (Å²) < 4.78 is 23.4. The highest BCUT2D eigenvalue weighted by Gasteiger charge is 2.23. The van der Waals surface area contributed by atoms with Gasteiger partial charge < -0.3 is 4.90 Å². The third-order valence-electron chi connectivity index (χ3n) is 2.47. The van der Waals surface area contributed by atoms with E-state index in [0.29, 0.717) is 39.0 Å². The average molecular weight is 235 g/mol. The molecule has 2 N–H and O–H groups in total. The Balaban J connectivity index is 2.60. The molecule has 0 unspecified atom stereocenters. The topological polar surface area (TPSA) is 83.7 Å². The summed E-state index contributed by atoms with van der Waals surface area (Å²) in [5, 5.41) is 5.03. The van der Waals surface area contributed by atoms with Crippen molar-refractivity contribution in [2.45, 2.75) is 19.8 Å². The van der Waals surface area contributed by atoms with E-state index in [1.54, 1.807) is 11.8 Å². The largest absolute Gasteiger partial charge is 0.341 e. The highest BCUT2D eigenvalue weighted by molar-refractivity contribution is 7.86. The lowest BCUT2D eigenvalue weighted by Crippen LogP contribution is -2.40. The number of carbonyl (C=O) groups is 1. The second-order valence-electron chi connectivity index (χ2n) is 3.53. The first-order valence-electron chi connectivity index (χ1n) is 5.00. The standard InChI is InChI=1S/C8H17N3O3S/c1-2-8(12)10-4-3-5-11(7-6-10)15(9,13)14/h2-7H2,1H3,(H2,9,13,14). The molecule has 0 aromatic heterocycles. The van der Waals surface area contributed by atoms with E-state index in [0.717, 1.165) is 0 Å². The summed E-state index contributed by atoms with van der Waals surface area (Å²) in [5.41, 5.74) is 0. The van der Waals surface area contributed by atoms with E-state index in [1.807, 2.05) is 0 Å². The van der Waals surface area contributed by atoms with Crippen molar-refractivity contribution in [2.75, 3.05) is 26.2 Å². The first-order chi connectivity index (χ1) is 6.95. The van der Waals surface area contributed by atoms with Crippen molar-refractivity contribution in [3.05, 3.63) is 0 Å². The van der Waals surface area contributed by atoms with Crippen LogP contribution in [0, 0.1) is 0 Å². The molecule has 0 radical (unpaired) electrons. The van der Waals surface area contributed by atoms with Gasteiger partial charge >= 0.3 is 0 Å². The van der Waals surface area contributed by atoms with Crippen LogP contribution in [0.25, 0.3) is 0 Å². The van der Waals surface area contributed by atoms with Gasteiger partial charge in [-0.05, 0) is 6.42 Å². The summed E-state index contributed by atoms with van der Waals surface area (Å²) in [4.78, 5) is 13.1. The first kappa shape index (κ1) is 12.4. The third-order valence-corrected chi connectivity index (χ3v) is 3.55. The highest BCUT2D eigenvalue weighted by Crippen LogP contribution is 2.06. The van der Waals surface area contributed by atoms with Gasteiger partial charge in [-0.1, -0.05) is 6.92 Å². The van der Waals surface area contributed by atoms with Gasteiger partial charge in [-0.15, -0.1) is 0 Å². The Bertz CT molecular complexity index is 328. The summed E-state index contributed by atoms with van der Waals surface area (Å²) in [6.45, 7) is 3.53. The highest BCUT2D eigenvalue weighted by atomic mass is 32.2. The van der Waals surface area contributed by atoms with Crippen LogP contribution in [0.3, 0.4) is 0 Å². The minimum atomic E-state index is -3.61. The van der Waals surface area contributed by atoms with Crippen LogP contribution in [0.5, 0.6) is 0 Å². The van der Waals surface area contributed by atoms with Crippen LogP contribution < -0.4 is 5.14 Å². The molecule has 1 fully saturated rings. The number of hydrogen-bond donors (Lipinski definition) is 1. The summed E-state index contributed by atoms with van der Waals surface area (Å²) >= 11 is 0. The van der Waals surface area contributed by atoms with E-state index in [4.69, 9.17) is 5.14 Å². The molecule has 1 saturated heterocycles. The van der Waals surface area contributed by atoms with Crippen molar-refractivity contribution in [2.24, 2.45) is 5.14 Å². The molecule has 0 aliphatic carbocycles. The molecule has 15 heavy (non-hydrogen) atoms. The van der Waals surface area contributed by atoms with E-state index in [2.05, 4.69) is 0 Å². The van der Waals surface area contributed by atoms with Gasteiger partial charge in [0.2, 0.25) is 5.91 Å². The van der Waals surface area contributed by atoms with Gasteiger partial charge in [-0.3, -0.25) is 4.79 Å². The number of nitrogens with zero attached hydrogens (tertiary/aromatic N) is 2. The number of nitrogens with two attached hydrogens (primary N) is 1. The lowest BCUT2D eigenvalue weighted by atomic mass is 10.3. The summed E-state index contributed by atoms with van der Waals surface area (Å²) in [6, 6.07) is 0. The van der Waals surface area contributed by atoms with Gasteiger partial charge in [-0.2, -0.15) is 12.7 Å². The molecule has 1 rings (SSSR count). The van der Waals surface area contributed by atoms with Crippen LogP contribution in [0.15, 0.2) is 0 Å². The molecule has 0 spiro atoms. The lowest BCUT2D eigenvalue weighted by Gasteiger charge is -2.20. The molecule has 7 heteroatoms. The van der Waals surface area contributed by atoms with E-state index in [9.17, 15) is 13.2 Å². The fourth-order valence-electron chi connectivity index (χ4n) is 1.62. The predicted molar refractivity (Wildman–Crippen MR) is 56.2 cm³/mol. The minimum absolute atomic E-state index is 0.0614. The van der Waals surface area contributed by atoms with Crippen molar-refractivity contribution < 1.29 is 13.2 Å². The molecular weight excluding hydrogens is 218 g/mol. The van der Waals surface area contributed by atoms with E-state index in [-0.39, 0.29) is 5.91 Å². The summed E-state index contributed by atoms with van der Waals surface area (Å²) in [6.07, 6.45) is 1.09. The maximum atomic E-state index is 11.4. The number of carbonyl (C=O) groups excluding carboxylic acids is 1. The van der Waals surface area contributed by atoms with Crippen LogP contribution >= 0.6 is 0 Å². The molecule has 0 saturated carbocycles. The average Bonchev–Trinajstić information content (AvgIpc) is 2.40. The Morgan fingerprint density at radius 3 is 2.47 bits per heavy atom. The lowest BCUT2D eigenvalue weighted by molar-refractivity contribution is -0.130. The van der Waals surface area contributed by atoms with Crippen molar-refractivity contribution in [1.29, 1.82) is 0 Å². The first-order valence-corrected chi connectivity index (χ1v) is 6.51. The van der Waals surface area contributed by atoms with Crippen LogP contribution in [0.2, 0.25) is 0 Å². The second kappa shape index (κ2) is 4.91. The quantitative estimate of drug-likeness (QED) is 0.675. The van der Waals surface area contributed by atoms with Gasteiger partial charge in [0.25, 0.3) is 10.2 Å². The number of rotatable bonds is 2. The monoisotopic (exact) mass is 235 g/mol. The van der Waals surface area contributed by atoms with Crippen LogP contribution in [0.1, 0.15) is 19.8 Å². The number of amides is 1. The molecule has 0 aromatic carbocycles. The predicted octanol–water partition coefficient (Wildman–Crippen LogP) is -0.866. The molecular formula is C8H17N3O3S. The Morgan fingerprint density at radius 1 is 1.27 bits per heavy atom. The van der Waals surface area contributed by atoms with E-state index in [1.165, 1.54) is 4.31 Å². The molecule has 1 heterocycles. The SMILES string of the molecule is CCC(=O)N1CCCN(S(N)(=O)=O)CC1. The third kappa shape index (κ3) is 3.44. The molecule has 1 amide bonds. The summed E-state index contributed by atoms with van der Waals surface area (Å²) in [7, 11) is -3.61. The summed E-state index contributed by atoms with van der Waals surface area (Å²) in [5.74, 6) is 0.0614. The molecule has 0 bridgehead atoms. The maximum absolute atomic E-state index is 11.4. The normalized spacial score (nSPS) is 20.0. The Labute approximate surface area is 90.2 Å². The van der Waals surface area contributed by atoms with Gasteiger partial charge in [0.15, 0.2) is 0 Å². The van der Waals surface area contributed by atoms with Crippen molar-refractivity contribution in [3.8, 4) is 0 Å². The molecule has 88 valence electrons. The van der Waals surface area contributed by atoms with Gasteiger partial charge in [0.1, 0.15) is 0 Å². The van der Waals surface area contributed by atoms with Gasteiger partial charge in [0.05, 0.1) is 0 Å². The van der Waals surface area contributed by atoms with Crippen molar-refractivity contribution >= 4 is 16.1 Å². The molecule has 1 aliphatic heterocycles. The van der Waals surface area contributed by atoms with Crippen molar-refractivity contribution in [3.63, 3.8) is 0 Å². The van der Waals surface area contributed by atoms with Crippen molar-refractivity contribution in [1.82, 2.24) is 9.21 Å². The fraction of sp³-hybridized carbons (Fsp3) is 0.875.